The fourth-order valence-electron chi connectivity index (χ4n) is 2.17. The van der Waals surface area contributed by atoms with E-state index >= 15 is 0 Å². The summed E-state index contributed by atoms with van der Waals surface area (Å²) >= 11 is 0. The molecule has 1 N–H and O–H groups in total. The Labute approximate surface area is 111 Å². The van der Waals surface area contributed by atoms with Crippen molar-refractivity contribution >= 4 is 5.95 Å². The molecule has 1 saturated heterocycles. The zero-order chi connectivity index (χ0) is 13.1. The first-order valence-corrected chi connectivity index (χ1v) is 6.54. The van der Waals surface area contributed by atoms with Crippen LogP contribution < -0.4 is 5.32 Å². The van der Waals surface area contributed by atoms with Gasteiger partial charge in [0.25, 0.3) is 0 Å². The molecule has 100 valence electrons. The molecule has 6 nitrogen and oxygen atoms in total. The molecular weight excluding hydrogens is 242 g/mol. The van der Waals surface area contributed by atoms with Crippen LogP contribution in [0.1, 0.15) is 18.4 Å². The van der Waals surface area contributed by atoms with E-state index in [1.54, 1.807) is 4.68 Å². The van der Waals surface area contributed by atoms with Gasteiger partial charge in [-0.2, -0.15) is 4.68 Å². The molecule has 2 heterocycles. The van der Waals surface area contributed by atoms with Crippen molar-refractivity contribution < 1.29 is 4.74 Å². The summed E-state index contributed by atoms with van der Waals surface area (Å²) < 4.78 is 7.27. The molecule has 0 saturated carbocycles. The van der Waals surface area contributed by atoms with Gasteiger partial charge >= 0.3 is 0 Å². The Hall–Kier alpha value is -1.95. The average molecular weight is 259 g/mol. The highest BCUT2D eigenvalue weighted by Crippen LogP contribution is 2.15. The number of anilines is 1. The lowest BCUT2D eigenvalue weighted by Crippen LogP contribution is -2.20. The van der Waals surface area contributed by atoms with E-state index in [9.17, 15) is 0 Å². The Kier molecular flexibility index (Phi) is 3.41. The first-order chi connectivity index (χ1) is 9.33. The van der Waals surface area contributed by atoms with Gasteiger partial charge in [-0.05, 0) is 42.3 Å². The van der Waals surface area contributed by atoms with Gasteiger partial charge in [-0.3, -0.25) is 0 Å². The van der Waals surface area contributed by atoms with Crippen LogP contribution in [0.2, 0.25) is 0 Å². The van der Waals surface area contributed by atoms with E-state index in [0.29, 0.717) is 5.95 Å². The SMILES string of the molecule is Cc1ccc(-n2nnnc2NCC2CCCO2)cc1. The lowest BCUT2D eigenvalue weighted by atomic mass is 10.2. The lowest BCUT2D eigenvalue weighted by Gasteiger charge is -2.11. The number of benzene rings is 1. The van der Waals surface area contributed by atoms with Crippen LogP contribution in [-0.4, -0.2) is 39.5 Å². The molecule has 1 aliphatic rings. The third-order valence-electron chi connectivity index (χ3n) is 3.26. The summed E-state index contributed by atoms with van der Waals surface area (Å²) in [6, 6.07) is 8.09. The molecule has 0 spiro atoms. The van der Waals surface area contributed by atoms with Crippen LogP contribution in [0, 0.1) is 6.92 Å². The van der Waals surface area contributed by atoms with Gasteiger partial charge < -0.3 is 10.1 Å². The molecule has 0 radical (unpaired) electrons. The van der Waals surface area contributed by atoms with E-state index in [2.05, 4.69) is 27.8 Å². The molecule has 19 heavy (non-hydrogen) atoms. The highest BCUT2D eigenvalue weighted by molar-refractivity contribution is 5.39. The minimum Gasteiger partial charge on any atom is -0.376 e. The standard InChI is InChI=1S/C13H17N5O/c1-10-4-6-11(7-5-10)18-13(15-16-17-18)14-9-12-3-2-8-19-12/h4-7,12H,2-3,8-9H2,1H3,(H,14,15,17). The Morgan fingerprint density at radius 2 is 2.21 bits per heavy atom. The topological polar surface area (TPSA) is 64.9 Å². The van der Waals surface area contributed by atoms with E-state index in [4.69, 9.17) is 4.74 Å². The molecule has 1 aliphatic heterocycles. The second-order valence-corrected chi connectivity index (χ2v) is 4.77. The van der Waals surface area contributed by atoms with Gasteiger partial charge in [0.1, 0.15) is 0 Å². The average Bonchev–Trinajstić information content (AvgIpc) is 3.08. The minimum absolute atomic E-state index is 0.267. The number of ether oxygens (including phenoxy) is 1. The molecule has 0 amide bonds. The fraction of sp³-hybridized carbons (Fsp3) is 0.462. The van der Waals surface area contributed by atoms with Gasteiger partial charge in [0, 0.05) is 13.2 Å². The van der Waals surface area contributed by atoms with Crippen molar-refractivity contribution in [2.45, 2.75) is 25.9 Å². The molecule has 1 unspecified atom stereocenters. The van der Waals surface area contributed by atoms with Crippen molar-refractivity contribution in [3.8, 4) is 5.69 Å². The number of nitrogens with one attached hydrogen (secondary N) is 1. The second kappa shape index (κ2) is 5.36. The van der Waals surface area contributed by atoms with Crippen LogP contribution in [0.4, 0.5) is 5.95 Å². The van der Waals surface area contributed by atoms with Crippen molar-refractivity contribution in [1.82, 2.24) is 20.2 Å². The Morgan fingerprint density at radius 3 is 2.95 bits per heavy atom. The van der Waals surface area contributed by atoms with Gasteiger partial charge in [0.15, 0.2) is 0 Å². The number of nitrogens with zero attached hydrogens (tertiary/aromatic N) is 4. The number of aromatic nitrogens is 4. The normalized spacial score (nSPS) is 18.7. The van der Waals surface area contributed by atoms with Gasteiger partial charge in [-0.1, -0.05) is 22.8 Å². The van der Waals surface area contributed by atoms with Crippen molar-refractivity contribution in [2.24, 2.45) is 0 Å². The summed E-state index contributed by atoms with van der Waals surface area (Å²) in [6.45, 7) is 3.65. The summed E-state index contributed by atoms with van der Waals surface area (Å²) in [4.78, 5) is 0. The summed E-state index contributed by atoms with van der Waals surface area (Å²) in [5.74, 6) is 0.652. The number of aryl methyl sites for hydroxylation is 1. The predicted octanol–water partition coefficient (Wildman–Crippen LogP) is 1.56. The quantitative estimate of drug-likeness (QED) is 0.902. The summed E-state index contributed by atoms with van der Waals surface area (Å²) in [6.07, 6.45) is 2.50. The molecule has 1 fully saturated rings. The molecule has 1 atom stereocenters. The minimum atomic E-state index is 0.267. The van der Waals surface area contributed by atoms with E-state index in [1.807, 2.05) is 24.3 Å². The van der Waals surface area contributed by atoms with E-state index in [1.165, 1.54) is 5.56 Å². The third-order valence-corrected chi connectivity index (χ3v) is 3.26. The Morgan fingerprint density at radius 1 is 1.37 bits per heavy atom. The molecule has 0 bridgehead atoms. The highest BCUT2D eigenvalue weighted by Gasteiger charge is 2.16. The second-order valence-electron chi connectivity index (χ2n) is 4.77. The van der Waals surface area contributed by atoms with Crippen molar-refractivity contribution in [3.63, 3.8) is 0 Å². The number of tetrazole rings is 1. The molecule has 3 rings (SSSR count). The van der Waals surface area contributed by atoms with Gasteiger partial charge in [0.05, 0.1) is 11.8 Å². The maximum atomic E-state index is 5.57. The summed E-state index contributed by atoms with van der Waals surface area (Å²) in [5.41, 5.74) is 2.16. The summed E-state index contributed by atoms with van der Waals surface area (Å²) in [5, 5.41) is 15.0. The van der Waals surface area contributed by atoms with E-state index < -0.39 is 0 Å². The first-order valence-electron chi connectivity index (χ1n) is 6.54. The van der Waals surface area contributed by atoms with Gasteiger partial charge in [0.2, 0.25) is 5.95 Å². The molecule has 0 aliphatic carbocycles. The van der Waals surface area contributed by atoms with Gasteiger partial charge in [-0.15, -0.1) is 0 Å². The Bertz CT molecular complexity index is 530. The van der Waals surface area contributed by atoms with Gasteiger partial charge in [-0.25, -0.2) is 0 Å². The zero-order valence-corrected chi connectivity index (χ0v) is 10.9. The summed E-state index contributed by atoms with van der Waals surface area (Å²) in [7, 11) is 0. The highest BCUT2D eigenvalue weighted by atomic mass is 16.5. The number of rotatable bonds is 4. The maximum absolute atomic E-state index is 5.57. The Balaban J connectivity index is 1.72. The molecule has 1 aromatic carbocycles. The number of hydrogen-bond acceptors (Lipinski definition) is 5. The van der Waals surface area contributed by atoms with Crippen LogP contribution in [0.5, 0.6) is 0 Å². The zero-order valence-electron chi connectivity index (χ0n) is 10.9. The molecule has 1 aromatic heterocycles. The molecule has 2 aromatic rings. The van der Waals surface area contributed by atoms with Crippen LogP contribution in [0.15, 0.2) is 24.3 Å². The van der Waals surface area contributed by atoms with Crippen LogP contribution in [-0.2, 0) is 4.74 Å². The monoisotopic (exact) mass is 259 g/mol. The van der Waals surface area contributed by atoms with Crippen LogP contribution >= 0.6 is 0 Å². The lowest BCUT2D eigenvalue weighted by molar-refractivity contribution is 0.120. The smallest absolute Gasteiger partial charge is 0.247 e. The van der Waals surface area contributed by atoms with Crippen molar-refractivity contribution in [2.75, 3.05) is 18.5 Å². The first kappa shape index (κ1) is 12.1. The largest absolute Gasteiger partial charge is 0.376 e. The molecule has 6 heteroatoms. The van der Waals surface area contributed by atoms with Crippen LogP contribution in [0.25, 0.3) is 5.69 Å². The molecular formula is C13H17N5O. The number of hydrogen-bond donors (Lipinski definition) is 1. The van der Waals surface area contributed by atoms with Crippen LogP contribution in [0.3, 0.4) is 0 Å². The van der Waals surface area contributed by atoms with Crippen molar-refractivity contribution in [1.29, 1.82) is 0 Å². The third kappa shape index (κ3) is 2.73. The van der Waals surface area contributed by atoms with E-state index in [-0.39, 0.29) is 6.10 Å². The predicted molar refractivity (Wildman–Crippen MR) is 71.4 cm³/mol. The van der Waals surface area contributed by atoms with Crippen molar-refractivity contribution in [3.05, 3.63) is 29.8 Å². The fourth-order valence-corrected chi connectivity index (χ4v) is 2.17. The van der Waals surface area contributed by atoms with E-state index in [0.717, 1.165) is 31.7 Å². The maximum Gasteiger partial charge on any atom is 0.247 e.